The van der Waals surface area contributed by atoms with E-state index in [0.717, 1.165) is 0 Å². The number of urea groups is 1. The van der Waals surface area contributed by atoms with Gasteiger partial charge in [0.05, 0.1) is 10.8 Å². The number of carboxylic acids is 1. The second-order valence-corrected chi connectivity index (χ2v) is 4.96. The van der Waals surface area contributed by atoms with Gasteiger partial charge in [-0.25, -0.2) is 4.79 Å². The summed E-state index contributed by atoms with van der Waals surface area (Å²) < 4.78 is 0. The van der Waals surface area contributed by atoms with E-state index in [1.807, 2.05) is 0 Å². The third-order valence-electron chi connectivity index (χ3n) is 3.47. The van der Waals surface area contributed by atoms with Crippen LogP contribution in [0.2, 0.25) is 0 Å². The lowest BCUT2D eigenvalue weighted by Gasteiger charge is -2.16. The van der Waals surface area contributed by atoms with Gasteiger partial charge in [0.2, 0.25) is 0 Å². The molecule has 112 valence electrons. The number of rotatable bonds is 3. The summed E-state index contributed by atoms with van der Waals surface area (Å²) in [6.45, 7) is 2.14. The van der Waals surface area contributed by atoms with Crippen LogP contribution in [0.3, 0.4) is 0 Å². The van der Waals surface area contributed by atoms with Crippen molar-refractivity contribution in [3.8, 4) is 0 Å². The first-order valence-electron chi connectivity index (χ1n) is 6.42. The molecule has 0 aliphatic carbocycles. The number of aryl methyl sites for hydroxylation is 1. The molecule has 0 bridgehead atoms. The Morgan fingerprint density at radius 2 is 2.19 bits per heavy atom. The normalized spacial score (nSPS) is 17.6. The molecule has 8 heteroatoms. The molecule has 21 heavy (non-hydrogen) atoms. The zero-order valence-corrected chi connectivity index (χ0v) is 11.4. The van der Waals surface area contributed by atoms with Crippen molar-refractivity contribution in [3.63, 3.8) is 0 Å². The maximum absolute atomic E-state index is 12.0. The Morgan fingerprint density at radius 1 is 1.48 bits per heavy atom. The molecule has 8 nitrogen and oxygen atoms in total. The van der Waals surface area contributed by atoms with E-state index >= 15 is 0 Å². The van der Waals surface area contributed by atoms with Crippen molar-refractivity contribution in [2.45, 2.75) is 13.3 Å². The first-order valence-corrected chi connectivity index (χ1v) is 6.42. The lowest BCUT2D eigenvalue weighted by atomic mass is 10.1. The van der Waals surface area contributed by atoms with Crippen molar-refractivity contribution >= 4 is 23.4 Å². The quantitative estimate of drug-likeness (QED) is 0.652. The van der Waals surface area contributed by atoms with Gasteiger partial charge in [-0.05, 0) is 25.5 Å². The molecule has 1 fully saturated rings. The van der Waals surface area contributed by atoms with Crippen molar-refractivity contribution in [3.05, 3.63) is 33.9 Å². The molecule has 1 atom stereocenters. The van der Waals surface area contributed by atoms with E-state index in [-0.39, 0.29) is 12.2 Å². The zero-order chi connectivity index (χ0) is 15.6. The molecule has 1 saturated heterocycles. The predicted molar refractivity (Wildman–Crippen MR) is 74.2 cm³/mol. The summed E-state index contributed by atoms with van der Waals surface area (Å²) in [6.07, 6.45) is 0.433. The molecule has 1 aliphatic rings. The molecule has 2 N–H and O–H groups in total. The Hall–Kier alpha value is -2.64. The third kappa shape index (κ3) is 3.28. The minimum Gasteiger partial charge on any atom is -0.481 e. The molecule has 1 heterocycles. The van der Waals surface area contributed by atoms with Gasteiger partial charge in [0, 0.05) is 30.4 Å². The summed E-state index contributed by atoms with van der Waals surface area (Å²) in [5.74, 6) is -1.44. The number of nitrogens with one attached hydrogen (secondary N) is 1. The summed E-state index contributed by atoms with van der Waals surface area (Å²) >= 11 is 0. The van der Waals surface area contributed by atoms with Crippen LogP contribution in [0.5, 0.6) is 0 Å². The topological polar surface area (TPSA) is 113 Å². The molecular formula is C13H15N3O5. The second-order valence-electron chi connectivity index (χ2n) is 4.96. The van der Waals surface area contributed by atoms with Gasteiger partial charge in [0.1, 0.15) is 0 Å². The number of nitro groups is 1. The fourth-order valence-electron chi connectivity index (χ4n) is 2.29. The Labute approximate surface area is 120 Å². The summed E-state index contributed by atoms with van der Waals surface area (Å²) in [5.41, 5.74) is 0.879. The van der Waals surface area contributed by atoms with Gasteiger partial charge in [0.15, 0.2) is 0 Å². The highest BCUT2D eigenvalue weighted by atomic mass is 16.6. The number of likely N-dealkylation sites (tertiary alicyclic amines) is 1. The first kappa shape index (κ1) is 14.8. The van der Waals surface area contributed by atoms with Gasteiger partial charge < -0.3 is 15.3 Å². The van der Waals surface area contributed by atoms with Crippen molar-refractivity contribution in [1.82, 2.24) is 4.90 Å². The van der Waals surface area contributed by atoms with Gasteiger partial charge in [-0.1, -0.05) is 0 Å². The van der Waals surface area contributed by atoms with Crippen molar-refractivity contribution in [1.29, 1.82) is 0 Å². The first-order chi connectivity index (χ1) is 9.88. The maximum atomic E-state index is 12.0. The van der Waals surface area contributed by atoms with Crippen LogP contribution in [0.1, 0.15) is 12.0 Å². The van der Waals surface area contributed by atoms with Crippen LogP contribution in [-0.2, 0) is 4.79 Å². The number of carbonyl (C=O) groups is 2. The van der Waals surface area contributed by atoms with E-state index < -0.39 is 22.8 Å². The van der Waals surface area contributed by atoms with Crippen molar-refractivity contribution in [2.24, 2.45) is 5.92 Å². The van der Waals surface area contributed by atoms with Gasteiger partial charge in [-0.15, -0.1) is 0 Å². The number of benzene rings is 1. The van der Waals surface area contributed by atoms with Gasteiger partial charge in [0.25, 0.3) is 5.69 Å². The van der Waals surface area contributed by atoms with Gasteiger partial charge in [-0.2, -0.15) is 0 Å². The highest BCUT2D eigenvalue weighted by Crippen LogP contribution is 2.23. The molecule has 0 saturated carbocycles. The molecule has 2 amide bonds. The third-order valence-corrected chi connectivity index (χ3v) is 3.47. The standard InChI is InChI=1S/C13H15N3O5/c1-8-6-10(2-3-11(8)16(20)21)14-13(19)15-5-4-9(7-15)12(17)18/h2-3,6,9H,4-5,7H2,1H3,(H,14,19)(H,17,18). The lowest BCUT2D eigenvalue weighted by molar-refractivity contribution is -0.385. The molecule has 1 aromatic carbocycles. The average molecular weight is 293 g/mol. The van der Waals surface area contributed by atoms with Crippen LogP contribution < -0.4 is 5.32 Å². The molecule has 0 radical (unpaired) electrons. The number of hydrogen-bond acceptors (Lipinski definition) is 4. The van der Waals surface area contributed by atoms with Crippen LogP contribution in [-0.4, -0.2) is 40.0 Å². The van der Waals surface area contributed by atoms with E-state index in [1.165, 1.54) is 23.1 Å². The van der Waals surface area contributed by atoms with Gasteiger partial charge >= 0.3 is 12.0 Å². The number of hydrogen-bond donors (Lipinski definition) is 2. The molecule has 1 unspecified atom stereocenters. The lowest BCUT2D eigenvalue weighted by Crippen LogP contribution is -2.33. The van der Waals surface area contributed by atoms with E-state index in [0.29, 0.717) is 24.2 Å². The predicted octanol–water partition coefficient (Wildman–Crippen LogP) is 1.84. The summed E-state index contributed by atoms with van der Waals surface area (Å²) in [4.78, 5) is 34.5. The van der Waals surface area contributed by atoms with Crippen LogP contribution in [0.25, 0.3) is 0 Å². The van der Waals surface area contributed by atoms with Crippen LogP contribution in [0.4, 0.5) is 16.2 Å². The van der Waals surface area contributed by atoms with Crippen molar-refractivity contribution in [2.75, 3.05) is 18.4 Å². The fourth-order valence-corrected chi connectivity index (χ4v) is 2.29. The monoisotopic (exact) mass is 293 g/mol. The average Bonchev–Trinajstić information content (AvgIpc) is 2.88. The number of aliphatic carboxylic acids is 1. The molecular weight excluding hydrogens is 278 g/mol. The number of nitro benzene ring substituents is 1. The smallest absolute Gasteiger partial charge is 0.321 e. The van der Waals surface area contributed by atoms with Crippen LogP contribution >= 0.6 is 0 Å². The highest BCUT2D eigenvalue weighted by molar-refractivity contribution is 5.90. The molecule has 2 rings (SSSR count). The SMILES string of the molecule is Cc1cc(NC(=O)N2CCC(C(=O)O)C2)ccc1[N+](=O)[O-]. The Balaban J connectivity index is 2.02. The summed E-state index contributed by atoms with van der Waals surface area (Å²) in [6, 6.07) is 3.90. The fraction of sp³-hybridized carbons (Fsp3) is 0.385. The number of nitrogens with zero attached hydrogens (tertiary/aromatic N) is 2. The Morgan fingerprint density at radius 3 is 2.71 bits per heavy atom. The molecule has 1 aromatic rings. The Kier molecular flexibility index (Phi) is 4.06. The van der Waals surface area contributed by atoms with E-state index in [4.69, 9.17) is 5.11 Å². The summed E-state index contributed by atoms with van der Waals surface area (Å²) in [7, 11) is 0. The molecule has 0 spiro atoms. The Bertz CT molecular complexity index is 601. The van der Waals surface area contributed by atoms with Crippen LogP contribution in [0.15, 0.2) is 18.2 Å². The van der Waals surface area contributed by atoms with E-state index in [9.17, 15) is 19.7 Å². The number of carboxylic acid groups (broad SMARTS) is 1. The number of anilines is 1. The number of carbonyl (C=O) groups excluding carboxylic acids is 1. The largest absolute Gasteiger partial charge is 0.481 e. The van der Waals surface area contributed by atoms with Crippen molar-refractivity contribution < 1.29 is 19.6 Å². The van der Waals surface area contributed by atoms with Gasteiger partial charge in [-0.3, -0.25) is 14.9 Å². The molecule has 0 aromatic heterocycles. The minimum atomic E-state index is -0.906. The second kappa shape index (κ2) is 5.78. The summed E-state index contributed by atoms with van der Waals surface area (Å²) in [5, 5.41) is 22.2. The van der Waals surface area contributed by atoms with E-state index in [1.54, 1.807) is 6.92 Å². The molecule has 1 aliphatic heterocycles. The zero-order valence-electron chi connectivity index (χ0n) is 11.4. The minimum absolute atomic E-state index is 0.0138. The van der Waals surface area contributed by atoms with E-state index in [2.05, 4.69) is 5.32 Å². The highest BCUT2D eigenvalue weighted by Gasteiger charge is 2.30. The number of amides is 2. The maximum Gasteiger partial charge on any atom is 0.321 e. The van der Waals surface area contributed by atoms with Crippen LogP contribution in [0, 0.1) is 23.0 Å².